The second kappa shape index (κ2) is 5.08. The van der Waals surface area contributed by atoms with Crippen LogP contribution in [-0.2, 0) is 9.59 Å². The normalized spacial score (nSPS) is 9.53. The maximum Gasteiger partial charge on any atom is 0.422 e. The molecular weight excluding hydrogens is 228 g/mol. The largest absolute Gasteiger partial charge is 0.473 e. The minimum atomic E-state index is -1.74. The van der Waals surface area contributed by atoms with Crippen LogP contribution in [0.2, 0.25) is 0 Å². The van der Waals surface area contributed by atoms with E-state index in [4.69, 9.17) is 10.9 Å². The molecule has 7 nitrogen and oxygen atoms in total. The maximum absolute atomic E-state index is 11.4. The van der Waals surface area contributed by atoms with E-state index < -0.39 is 17.8 Å². The third-order valence-electron chi connectivity index (χ3n) is 1.97. The Balaban J connectivity index is 3.15. The van der Waals surface area contributed by atoms with Crippen LogP contribution in [0.25, 0.3) is 0 Å². The molecule has 90 valence electrons. The molecule has 0 spiro atoms. The Morgan fingerprint density at radius 1 is 1.35 bits per heavy atom. The summed E-state index contributed by atoms with van der Waals surface area (Å²) in [6.07, 6.45) is 0. The van der Waals surface area contributed by atoms with Crippen molar-refractivity contribution >= 4 is 17.8 Å². The lowest BCUT2D eigenvalue weighted by Crippen LogP contribution is -2.31. The molecule has 0 saturated heterocycles. The number of hydrogen-bond donors (Lipinski definition) is 3. The predicted molar refractivity (Wildman–Crippen MR) is 56.1 cm³/mol. The van der Waals surface area contributed by atoms with Crippen molar-refractivity contribution in [3.63, 3.8) is 0 Å². The summed E-state index contributed by atoms with van der Waals surface area (Å²) in [6.45, 7) is 1.60. The monoisotopic (exact) mass is 238 g/mol. The van der Waals surface area contributed by atoms with Crippen LogP contribution >= 0.6 is 0 Å². The fourth-order valence-corrected chi connectivity index (χ4v) is 1.23. The van der Waals surface area contributed by atoms with Crippen LogP contribution in [0.1, 0.15) is 15.9 Å². The fourth-order valence-electron chi connectivity index (χ4n) is 1.23. The smallest absolute Gasteiger partial charge is 0.422 e. The number of amides is 1. The molecule has 1 amide bonds. The molecule has 0 aromatic heterocycles. The summed E-state index contributed by atoms with van der Waals surface area (Å²) in [7, 11) is 0. The molecule has 0 heterocycles. The first-order valence-corrected chi connectivity index (χ1v) is 4.53. The van der Waals surface area contributed by atoms with Gasteiger partial charge in [0, 0.05) is 0 Å². The predicted octanol–water partition coefficient (Wildman–Crippen LogP) is -0.411. The lowest BCUT2D eigenvalue weighted by atomic mass is 10.1. The first-order chi connectivity index (χ1) is 7.97. The Labute approximate surface area is 96.1 Å². The number of nitrogens with two attached hydrogens (primary N) is 1. The van der Waals surface area contributed by atoms with Gasteiger partial charge in [-0.1, -0.05) is 12.1 Å². The Bertz CT molecular complexity index is 484. The van der Waals surface area contributed by atoms with Gasteiger partial charge in [-0.2, -0.15) is 0 Å². The van der Waals surface area contributed by atoms with E-state index in [1.54, 1.807) is 13.0 Å². The number of ether oxygens (including phenoxy) is 1. The Kier molecular flexibility index (Phi) is 3.78. The van der Waals surface area contributed by atoms with Gasteiger partial charge in [0.25, 0.3) is 5.91 Å². The summed E-state index contributed by atoms with van der Waals surface area (Å²) in [4.78, 5) is 32.7. The number of carboxylic acid groups (broad SMARTS) is 1. The van der Waals surface area contributed by atoms with Crippen LogP contribution in [0, 0.1) is 6.92 Å². The van der Waals surface area contributed by atoms with Gasteiger partial charge in [-0.15, -0.1) is 0 Å². The van der Waals surface area contributed by atoms with Gasteiger partial charge in [0.1, 0.15) is 5.75 Å². The Morgan fingerprint density at radius 3 is 2.53 bits per heavy atom. The van der Waals surface area contributed by atoms with Crippen molar-refractivity contribution in [2.45, 2.75) is 6.92 Å². The summed E-state index contributed by atoms with van der Waals surface area (Å²) in [5.41, 5.74) is 2.41. The van der Waals surface area contributed by atoms with Crippen LogP contribution in [0.4, 0.5) is 0 Å². The van der Waals surface area contributed by atoms with Gasteiger partial charge >= 0.3 is 11.9 Å². The number of nitrogen functional groups attached to an aromatic ring is 1. The molecule has 17 heavy (non-hydrogen) atoms. The van der Waals surface area contributed by atoms with Gasteiger partial charge in [0.15, 0.2) is 0 Å². The zero-order valence-corrected chi connectivity index (χ0v) is 8.89. The summed E-state index contributed by atoms with van der Waals surface area (Å²) in [5, 5.41) is 8.40. The van der Waals surface area contributed by atoms with E-state index in [0.717, 1.165) is 0 Å². The average molecular weight is 238 g/mol. The molecule has 4 N–H and O–H groups in total. The number of aryl methyl sites for hydroxylation is 1. The minimum Gasteiger partial charge on any atom is -0.473 e. The van der Waals surface area contributed by atoms with Gasteiger partial charge < -0.3 is 9.84 Å². The second-order valence-corrected chi connectivity index (χ2v) is 3.12. The first kappa shape index (κ1) is 12.7. The minimum absolute atomic E-state index is 0.0181. The number of hydrogen-bond acceptors (Lipinski definition) is 5. The van der Waals surface area contributed by atoms with Crippen molar-refractivity contribution in [1.82, 2.24) is 5.43 Å². The number of carbonyl (C=O) groups excluding carboxylic acids is 2. The highest BCUT2D eigenvalue weighted by Crippen LogP contribution is 2.21. The number of esters is 1. The number of nitrogens with one attached hydrogen (secondary N) is 1. The van der Waals surface area contributed by atoms with Gasteiger partial charge in [0.05, 0.1) is 5.56 Å². The highest BCUT2D eigenvalue weighted by Gasteiger charge is 2.20. The number of benzene rings is 1. The van der Waals surface area contributed by atoms with Gasteiger partial charge in [-0.25, -0.2) is 15.4 Å². The van der Waals surface area contributed by atoms with Crippen molar-refractivity contribution in [3.8, 4) is 5.75 Å². The van der Waals surface area contributed by atoms with Crippen molar-refractivity contribution in [2.24, 2.45) is 5.84 Å². The number of carbonyl (C=O) groups is 3. The first-order valence-electron chi connectivity index (χ1n) is 4.53. The van der Waals surface area contributed by atoms with E-state index >= 15 is 0 Å². The molecule has 0 radical (unpaired) electrons. The van der Waals surface area contributed by atoms with Crippen molar-refractivity contribution in [3.05, 3.63) is 29.3 Å². The van der Waals surface area contributed by atoms with Gasteiger partial charge in [0.2, 0.25) is 0 Å². The van der Waals surface area contributed by atoms with E-state index in [1.807, 2.05) is 5.43 Å². The SMILES string of the molecule is Cc1cccc(OC(=O)C(=O)O)c1C(=O)NN. The van der Waals surface area contributed by atoms with Crippen LogP contribution in [0.15, 0.2) is 18.2 Å². The number of rotatable bonds is 2. The number of aliphatic carboxylic acids is 1. The maximum atomic E-state index is 11.4. The molecule has 7 heteroatoms. The Morgan fingerprint density at radius 2 is 2.00 bits per heavy atom. The average Bonchev–Trinajstić information content (AvgIpc) is 2.28. The third-order valence-corrected chi connectivity index (χ3v) is 1.97. The topological polar surface area (TPSA) is 119 Å². The molecule has 0 aliphatic heterocycles. The van der Waals surface area contributed by atoms with Gasteiger partial charge in [-0.3, -0.25) is 10.2 Å². The zero-order chi connectivity index (χ0) is 13.0. The van der Waals surface area contributed by atoms with Crippen molar-refractivity contribution in [2.75, 3.05) is 0 Å². The van der Waals surface area contributed by atoms with E-state index in [0.29, 0.717) is 5.56 Å². The van der Waals surface area contributed by atoms with Gasteiger partial charge in [-0.05, 0) is 18.6 Å². The van der Waals surface area contributed by atoms with Crippen LogP contribution in [0.5, 0.6) is 5.75 Å². The molecule has 0 aliphatic carbocycles. The lowest BCUT2D eigenvalue weighted by Gasteiger charge is -2.09. The third kappa shape index (κ3) is 2.79. The van der Waals surface area contributed by atoms with Crippen LogP contribution in [-0.4, -0.2) is 23.0 Å². The molecule has 0 saturated carbocycles. The molecule has 0 bridgehead atoms. The van der Waals surface area contributed by atoms with Crippen LogP contribution in [0.3, 0.4) is 0 Å². The highest BCUT2D eigenvalue weighted by atomic mass is 16.6. The standard InChI is InChI=1S/C10H10N2O5/c1-5-3-2-4-6(7(5)8(13)12-11)17-10(16)9(14)15/h2-4H,11H2,1H3,(H,12,13)(H,14,15). The van der Waals surface area contributed by atoms with E-state index in [-0.39, 0.29) is 11.3 Å². The number of carboxylic acids is 1. The molecular formula is C10H10N2O5. The van der Waals surface area contributed by atoms with Crippen molar-refractivity contribution in [1.29, 1.82) is 0 Å². The molecule has 0 atom stereocenters. The molecule has 1 aromatic carbocycles. The molecule has 0 unspecified atom stereocenters. The molecule has 1 rings (SSSR count). The molecule has 1 aromatic rings. The zero-order valence-electron chi connectivity index (χ0n) is 8.89. The summed E-state index contributed by atoms with van der Waals surface area (Å²) in [5.74, 6) is 0.938. The quantitative estimate of drug-likeness (QED) is 0.161. The van der Waals surface area contributed by atoms with E-state index in [1.165, 1.54) is 12.1 Å². The van der Waals surface area contributed by atoms with Crippen LogP contribution < -0.4 is 16.0 Å². The van der Waals surface area contributed by atoms with E-state index in [2.05, 4.69) is 4.74 Å². The summed E-state index contributed by atoms with van der Waals surface area (Å²) >= 11 is 0. The Hall–Kier alpha value is -2.41. The molecule has 0 aliphatic rings. The van der Waals surface area contributed by atoms with Crippen molar-refractivity contribution < 1.29 is 24.2 Å². The number of hydrazine groups is 1. The second-order valence-electron chi connectivity index (χ2n) is 3.12. The summed E-state index contributed by atoms with van der Waals surface area (Å²) in [6, 6.07) is 4.42. The lowest BCUT2D eigenvalue weighted by molar-refractivity contribution is -0.158. The molecule has 0 fully saturated rings. The fraction of sp³-hybridized carbons (Fsp3) is 0.100. The van der Waals surface area contributed by atoms with E-state index in [9.17, 15) is 14.4 Å². The highest BCUT2D eigenvalue weighted by molar-refractivity contribution is 6.29. The summed E-state index contributed by atoms with van der Waals surface area (Å²) < 4.78 is 4.56.